The van der Waals surface area contributed by atoms with Gasteiger partial charge in [-0.3, -0.25) is 31.0 Å². The summed E-state index contributed by atoms with van der Waals surface area (Å²) in [6.45, 7) is 6.67. The largest absolute Gasteiger partial charge is 0.391 e. The van der Waals surface area contributed by atoms with Crippen LogP contribution in [0.5, 0.6) is 0 Å². The number of nitrogens with zero attached hydrogens (tertiary/aromatic N) is 2. The molecule has 3 aliphatic rings. The molecule has 0 aromatic heterocycles. The van der Waals surface area contributed by atoms with E-state index in [1.165, 1.54) is 0 Å². The molecule has 0 radical (unpaired) electrons. The number of rotatable bonds is 5. The van der Waals surface area contributed by atoms with Crippen molar-refractivity contribution in [2.75, 3.05) is 32.8 Å². The first kappa shape index (κ1) is 22.7. The maximum Gasteiger partial charge on any atom is 0.391 e. The summed E-state index contributed by atoms with van der Waals surface area (Å²) < 4.78 is 45.1. The molecule has 2 aliphatic heterocycles. The van der Waals surface area contributed by atoms with Gasteiger partial charge in [0.2, 0.25) is 5.91 Å². The molecular formula is C18H33F3N6O2. The molecule has 2 heterocycles. The average molecular weight is 422 g/mol. The van der Waals surface area contributed by atoms with Crippen LogP contribution in [0.3, 0.4) is 0 Å². The normalized spacial score (nSPS) is 34.9. The minimum Gasteiger partial charge on any atom is -0.350 e. The summed E-state index contributed by atoms with van der Waals surface area (Å²) in [5.74, 6) is -1.17. The van der Waals surface area contributed by atoms with E-state index in [4.69, 9.17) is 4.74 Å². The van der Waals surface area contributed by atoms with Crippen LogP contribution in [-0.4, -0.2) is 79.6 Å². The first-order chi connectivity index (χ1) is 13.8. The molecule has 4 N–H and O–H groups in total. The van der Waals surface area contributed by atoms with Crippen LogP contribution in [0.4, 0.5) is 13.2 Å². The second-order valence-corrected chi connectivity index (χ2v) is 7.98. The molecule has 0 bridgehead atoms. The Kier molecular flexibility index (Phi) is 7.74. The maximum atomic E-state index is 13.1. The maximum absolute atomic E-state index is 13.1. The third-order valence-electron chi connectivity index (χ3n) is 5.95. The second kappa shape index (κ2) is 9.88. The van der Waals surface area contributed by atoms with Gasteiger partial charge in [-0.1, -0.05) is 6.42 Å². The Labute approximate surface area is 169 Å². The average Bonchev–Trinajstić information content (AvgIpc) is 2.68. The van der Waals surface area contributed by atoms with Crippen LogP contribution in [0.2, 0.25) is 0 Å². The first-order valence-electron chi connectivity index (χ1n) is 10.5. The van der Waals surface area contributed by atoms with Crippen molar-refractivity contribution in [2.45, 2.75) is 70.7 Å². The van der Waals surface area contributed by atoms with Gasteiger partial charge in [0.05, 0.1) is 5.92 Å². The van der Waals surface area contributed by atoms with E-state index >= 15 is 0 Å². The van der Waals surface area contributed by atoms with Gasteiger partial charge >= 0.3 is 6.18 Å². The molecule has 1 amide bonds. The molecule has 29 heavy (non-hydrogen) atoms. The number of halogens is 3. The van der Waals surface area contributed by atoms with E-state index in [2.05, 4.69) is 26.2 Å². The predicted octanol–water partition coefficient (Wildman–Crippen LogP) is 0.531. The number of alkyl halides is 3. The lowest BCUT2D eigenvalue weighted by atomic mass is 9.85. The van der Waals surface area contributed by atoms with E-state index in [1.807, 2.05) is 11.8 Å². The van der Waals surface area contributed by atoms with Crippen molar-refractivity contribution in [3.05, 3.63) is 0 Å². The third kappa shape index (κ3) is 6.25. The van der Waals surface area contributed by atoms with Crippen LogP contribution in [-0.2, 0) is 9.53 Å². The summed E-state index contributed by atoms with van der Waals surface area (Å²) in [5.41, 5.74) is 0. The molecule has 2 saturated heterocycles. The molecule has 5 atom stereocenters. The number of hydrogen-bond donors (Lipinski definition) is 4. The Morgan fingerprint density at radius 3 is 2.48 bits per heavy atom. The summed E-state index contributed by atoms with van der Waals surface area (Å²) in [4.78, 5) is 15.5. The molecular weight excluding hydrogens is 389 g/mol. The molecule has 3 fully saturated rings. The third-order valence-corrected chi connectivity index (χ3v) is 5.95. The van der Waals surface area contributed by atoms with Gasteiger partial charge in [-0.05, 0) is 26.2 Å². The van der Waals surface area contributed by atoms with Gasteiger partial charge in [-0.15, -0.1) is 0 Å². The minimum absolute atomic E-state index is 0.0686. The molecule has 0 aromatic rings. The zero-order chi connectivity index (χ0) is 21.0. The number of hydrogen-bond acceptors (Lipinski definition) is 7. The monoisotopic (exact) mass is 422 g/mol. The van der Waals surface area contributed by atoms with Crippen LogP contribution in [0.25, 0.3) is 0 Å². The van der Waals surface area contributed by atoms with Gasteiger partial charge in [0, 0.05) is 45.8 Å². The Morgan fingerprint density at radius 1 is 1.14 bits per heavy atom. The van der Waals surface area contributed by atoms with E-state index in [1.54, 1.807) is 6.92 Å². The highest BCUT2D eigenvalue weighted by molar-refractivity contribution is 5.73. The predicted molar refractivity (Wildman–Crippen MR) is 101 cm³/mol. The van der Waals surface area contributed by atoms with Gasteiger partial charge in [-0.2, -0.15) is 13.2 Å². The zero-order valence-corrected chi connectivity index (χ0v) is 17.1. The molecule has 1 saturated carbocycles. The summed E-state index contributed by atoms with van der Waals surface area (Å²) in [6, 6.07) is -0.212. The van der Waals surface area contributed by atoms with Gasteiger partial charge in [-0.25, -0.2) is 0 Å². The smallest absolute Gasteiger partial charge is 0.350 e. The highest BCUT2D eigenvalue weighted by atomic mass is 19.4. The quantitative estimate of drug-likeness (QED) is 0.515. The van der Waals surface area contributed by atoms with E-state index in [-0.39, 0.29) is 37.4 Å². The van der Waals surface area contributed by atoms with Crippen molar-refractivity contribution < 1.29 is 22.7 Å². The van der Waals surface area contributed by atoms with Crippen LogP contribution < -0.4 is 21.3 Å². The topological polar surface area (TPSA) is 80.9 Å². The Bertz CT molecular complexity index is 544. The number of piperazine rings is 1. The SMILES string of the molecule is CCOC1NC(NC2CCCC(C(F)(F)F)C2)NC(N2CCN(C(C)=O)CC2)N1. The molecule has 11 heteroatoms. The van der Waals surface area contributed by atoms with Crippen LogP contribution in [0.15, 0.2) is 0 Å². The first-order valence-corrected chi connectivity index (χ1v) is 10.5. The van der Waals surface area contributed by atoms with Crippen molar-refractivity contribution in [3.63, 3.8) is 0 Å². The van der Waals surface area contributed by atoms with Gasteiger partial charge in [0.25, 0.3) is 0 Å². The molecule has 3 rings (SSSR count). The lowest BCUT2D eigenvalue weighted by Gasteiger charge is -2.46. The summed E-state index contributed by atoms with van der Waals surface area (Å²) in [5, 5.41) is 13.2. The highest BCUT2D eigenvalue weighted by Gasteiger charge is 2.43. The Balaban J connectivity index is 1.57. The van der Waals surface area contributed by atoms with E-state index in [0.717, 1.165) is 6.42 Å². The second-order valence-electron chi connectivity index (χ2n) is 7.98. The van der Waals surface area contributed by atoms with Gasteiger partial charge < -0.3 is 9.64 Å². The fraction of sp³-hybridized carbons (Fsp3) is 0.944. The van der Waals surface area contributed by atoms with Crippen molar-refractivity contribution in [1.82, 2.24) is 31.1 Å². The van der Waals surface area contributed by atoms with Gasteiger partial charge in [0.15, 0.2) is 6.35 Å². The minimum atomic E-state index is -4.14. The molecule has 0 spiro atoms. The Hall–Kier alpha value is -0.980. The molecule has 5 unspecified atom stereocenters. The van der Waals surface area contributed by atoms with Crippen molar-refractivity contribution in [2.24, 2.45) is 5.92 Å². The fourth-order valence-electron chi connectivity index (χ4n) is 4.34. The van der Waals surface area contributed by atoms with Crippen molar-refractivity contribution in [3.8, 4) is 0 Å². The number of ether oxygens (including phenoxy) is 1. The summed E-state index contributed by atoms with van der Waals surface area (Å²) in [7, 11) is 0. The lowest BCUT2D eigenvalue weighted by Crippen LogP contribution is -2.77. The number of carbonyl (C=O) groups is 1. The number of carbonyl (C=O) groups excluding carboxylic acids is 1. The molecule has 168 valence electrons. The van der Waals surface area contributed by atoms with Crippen LogP contribution in [0.1, 0.15) is 39.5 Å². The molecule has 8 nitrogen and oxygen atoms in total. The van der Waals surface area contributed by atoms with E-state index in [9.17, 15) is 18.0 Å². The zero-order valence-electron chi connectivity index (χ0n) is 17.1. The molecule has 0 aromatic carbocycles. The molecule has 1 aliphatic carbocycles. The lowest BCUT2D eigenvalue weighted by molar-refractivity contribution is -0.184. The Morgan fingerprint density at radius 2 is 1.86 bits per heavy atom. The van der Waals surface area contributed by atoms with Crippen molar-refractivity contribution >= 4 is 5.91 Å². The summed E-state index contributed by atoms with van der Waals surface area (Å²) >= 11 is 0. The van der Waals surface area contributed by atoms with E-state index < -0.39 is 18.4 Å². The van der Waals surface area contributed by atoms with Crippen LogP contribution in [0, 0.1) is 5.92 Å². The summed E-state index contributed by atoms with van der Waals surface area (Å²) in [6.07, 6.45) is -3.54. The number of amides is 1. The van der Waals surface area contributed by atoms with E-state index in [0.29, 0.717) is 39.2 Å². The van der Waals surface area contributed by atoms with Gasteiger partial charge in [0.1, 0.15) is 12.6 Å². The number of nitrogens with one attached hydrogen (secondary N) is 4. The standard InChI is InChI=1S/C18H33F3N6O2/c1-3-29-17-24-15(22-14-6-4-5-13(11-14)18(19,20)21)23-16(25-17)27-9-7-26(8-10-27)12(2)28/h13-17,22-25H,3-11H2,1-2H3. The van der Waals surface area contributed by atoms with Crippen LogP contribution >= 0.6 is 0 Å². The highest BCUT2D eigenvalue weighted by Crippen LogP contribution is 2.37. The fourth-order valence-corrected chi connectivity index (χ4v) is 4.34. The van der Waals surface area contributed by atoms with Crippen molar-refractivity contribution in [1.29, 1.82) is 0 Å².